The van der Waals surface area contributed by atoms with Crippen molar-refractivity contribution >= 4 is 53.6 Å². The van der Waals surface area contributed by atoms with Crippen molar-refractivity contribution in [3.05, 3.63) is 48.3 Å². The number of ketones is 1. The third kappa shape index (κ3) is 2.46. The van der Waals surface area contributed by atoms with E-state index in [1.165, 1.54) is 6.07 Å². The Morgan fingerprint density at radius 3 is 2.35 bits per heavy atom. The number of carbonyl (C=O) groups excluding carboxylic acids is 1. The fourth-order valence-corrected chi connectivity index (χ4v) is 3.60. The van der Waals surface area contributed by atoms with E-state index in [0.717, 1.165) is 6.07 Å². The van der Waals surface area contributed by atoms with Crippen LogP contribution in [0.3, 0.4) is 0 Å². The van der Waals surface area contributed by atoms with E-state index in [1.54, 1.807) is 18.5 Å². The van der Waals surface area contributed by atoms with Crippen LogP contribution in [0.4, 0.5) is 4.39 Å². The number of benzene rings is 1. The van der Waals surface area contributed by atoms with Gasteiger partial charge in [-0.05, 0) is 72.4 Å². The Morgan fingerprint density at radius 1 is 1.25 bits per heavy atom. The molecule has 0 radical (unpaired) electrons. The summed E-state index contributed by atoms with van der Waals surface area (Å²) >= 11 is 9.99. The van der Waals surface area contributed by atoms with Crippen molar-refractivity contribution in [2.45, 2.75) is 6.92 Å². The van der Waals surface area contributed by atoms with Gasteiger partial charge in [-0.1, -0.05) is 0 Å². The number of nitrogens with zero attached hydrogens (tertiary/aromatic N) is 1. The van der Waals surface area contributed by atoms with E-state index >= 15 is 0 Å². The van der Waals surface area contributed by atoms with Crippen LogP contribution in [0.15, 0.2) is 25.7 Å². The van der Waals surface area contributed by atoms with Gasteiger partial charge < -0.3 is 9.67 Å². The number of phenols is 1. The topological polar surface area (TPSA) is 42.2 Å². The lowest BCUT2D eigenvalue weighted by Gasteiger charge is -2.08. The highest BCUT2D eigenvalue weighted by Crippen LogP contribution is 2.38. The molecule has 1 N–H and O–H groups in total. The SMILES string of the molecule is Cc1cc(F)cc(C(=O)c2c(Br)c(Br)c(Br)n2C)c1O. The van der Waals surface area contributed by atoms with Gasteiger partial charge in [-0.15, -0.1) is 0 Å². The number of halogens is 4. The van der Waals surface area contributed by atoms with Gasteiger partial charge in [-0.2, -0.15) is 0 Å². The minimum absolute atomic E-state index is 0.0659. The lowest BCUT2D eigenvalue weighted by molar-refractivity contribution is 0.102. The molecule has 0 amide bonds. The van der Waals surface area contributed by atoms with Gasteiger partial charge in [0.05, 0.1) is 14.5 Å². The van der Waals surface area contributed by atoms with E-state index in [0.29, 0.717) is 24.8 Å². The molecule has 20 heavy (non-hydrogen) atoms. The van der Waals surface area contributed by atoms with Crippen LogP contribution in [0.2, 0.25) is 0 Å². The molecule has 0 bridgehead atoms. The molecule has 0 aliphatic heterocycles. The molecule has 1 aromatic heterocycles. The third-order valence-corrected chi connectivity index (χ3v) is 6.47. The number of hydrogen-bond donors (Lipinski definition) is 1. The van der Waals surface area contributed by atoms with Crippen molar-refractivity contribution in [2.75, 3.05) is 0 Å². The van der Waals surface area contributed by atoms with Crippen LogP contribution in [-0.4, -0.2) is 15.5 Å². The van der Waals surface area contributed by atoms with Gasteiger partial charge in [0.2, 0.25) is 5.78 Å². The Labute approximate surface area is 140 Å². The summed E-state index contributed by atoms with van der Waals surface area (Å²) in [6.07, 6.45) is 0. The molecule has 1 heterocycles. The van der Waals surface area contributed by atoms with Crippen LogP contribution < -0.4 is 0 Å². The molecule has 0 saturated carbocycles. The molecule has 7 heteroatoms. The molecule has 0 atom stereocenters. The van der Waals surface area contributed by atoms with Crippen molar-refractivity contribution in [2.24, 2.45) is 7.05 Å². The van der Waals surface area contributed by atoms with E-state index < -0.39 is 11.6 Å². The van der Waals surface area contributed by atoms with E-state index in [2.05, 4.69) is 47.8 Å². The highest BCUT2D eigenvalue weighted by Gasteiger charge is 2.25. The number of hydrogen-bond acceptors (Lipinski definition) is 2. The highest BCUT2D eigenvalue weighted by molar-refractivity contribution is 9.14. The first-order valence-corrected chi connectivity index (χ1v) is 7.86. The number of carbonyl (C=O) groups is 1. The summed E-state index contributed by atoms with van der Waals surface area (Å²) in [6.45, 7) is 1.54. The monoisotopic (exact) mass is 467 g/mol. The lowest BCUT2D eigenvalue weighted by Crippen LogP contribution is -2.09. The van der Waals surface area contributed by atoms with Gasteiger partial charge in [0.1, 0.15) is 21.9 Å². The standard InChI is InChI=1S/C13H9Br3FNO2/c1-5-3-6(17)4-7(11(5)19)12(20)10-8(14)9(15)13(16)18(10)2/h3-4,19H,1-2H3. The third-order valence-electron chi connectivity index (χ3n) is 2.94. The van der Waals surface area contributed by atoms with Crippen LogP contribution >= 0.6 is 47.8 Å². The summed E-state index contributed by atoms with van der Waals surface area (Å²) in [4.78, 5) is 12.6. The first kappa shape index (κ1) is 15.7. The summed E-state index contributed by atoms with van der Waals surface area (Å²) in [5.74, 6) is -1.24. The summed E-state index contributed by atoms with van der Waals surface area (Å²) in [6, 6.07) is 2.21. The van der Waals surface area contributed by atoms with Gasteiger partial charge in [-0.3, -0.25) is 4.79 Å². The second kappa shape index (κ2) is 5.61. The van der Waals surface area contributed by atoms with Crippen LogP contribution in [0.25, 0.3) is 0 Å². The summed E-state index contributed by atoms with van der Waals surface area (Å²) in [5, 5.41) is 9.98. The maximum atomic E-state index is 13.5. The molecular weight excluding hydrogens is 461 g/mol. The second-order valence-electron chi connectivity index (χ2n) is 4.27. The van der Waals surface area contributed by atoms with Crippen molar-refractivity contribution in [3.8, 4) is 5.75 Å². The predicted molar refractivity (Wildman–Crippen MR) is 84.7 cm³/mol. The molecule has 106 valence electrons. The zero-order valence-corrected chi connectivity index (χ0v) is 15.2. The van der Waals surface area contributed by atoms with E-state index in [9.17, 15) is 14.3 Å². The summed E-state index contributed by atoms with van der Waals surface area (Å²) in [7, 11) is 1.69. The first-order chi connectivity index (χ1) is 9.25. The average Bonchev–Trinajstić information content (AvgIpc) is 2.57. The Balaban J connectivity index is 2.67. The maximum Gasteiger partial charge on any atom is 0.214 e. The van der Waals surface area contributed by atoms with Crippen LogP contribution in [0.5, 0.6) is 5.75 Å². The number of aryl methyl sites for hydroxylation is 1. The molecule has 0 aliphatic rings. The second-order valence-corrected chi connectivity index (χ2v) is 6.61. The highest BCUT2D eigenvalue weighted by atomic mass is 79.9. The number of rotatable bonds is 2. The van der Waals surface area contributed by atoms with Gasteiger partial charge >= 0.3 is 0 Å². The van der Waals surface area contributed by atoms with Gasteiger partial charge in [0.15, 0.2) is 0 Å². The Bertz CT molecular complexity index is 700. The Morgan fingerprint density at radius 2 is 1.85 bits per heavy atom. The average molecular weight is 470 g/mol. The zero-order chi connectivity index (χ0) is 15.2. The Kier molecular flexibility index (Phi) is 4.41. The smallest absolute Gasteiger partial charge is 0.214 e. The van der Waals surface area contributed by atoms with E-state index in [-0.39, 0.29) is 11.3 Å². The molecule has 2 rings (SSSR count). The lowest BCUT2D eigenvalue weighted by atomic mass is 10.0. The minimum Gasteiger partial charge on any atom is -0.507 e. The molecule has 3 nitrogen and oxygen atoms in total. The van der Waals surface area contributed by atoms with Crippen LogP contribution in [-0.2, 0) is 7.05 Å². The number of aromatic hydroxyl groups is 1. The van der Waals surface area contributed by atoms with Gasteiger partial charge in [0.25, 0.3) is 0 Å². The molecule has 0 saturated heterocycles. The normalized spacial score (nSPS) is 10.9. The molecule has 0 fully saturated rings. The van der Waals surface area contributed by atoms with Crippen molar-refractivity contribution < 1.29 is 14.3 Å². The van der Waals surface area contributed by atoms with Gasteiger partial charge in [-0.25, -0.2) is 4.39 Å². The minimum atomic E-state index is -0.563. The summed E-state index contributed by atoms with van der Waals surface area (Å²) < 4.78 is 17.0. The van der Waals surface area contributed by atoms with Crippen LogP contribution in [0.1, 0.15) is 21.6 Å². The Hall–Kier alpha value is -0.660. The molecule has 2 aromatic rings. The molecule has 0 aliphatic carbocycles. The fourth-order valence-electron chi connectivity index (χ4n) is 1.88. The fraction of sp³-hybridized carbons (Fsp3) is 0.154. The first-order valence-electron chi connectivity index (χ1n) is 5.48. The number of phenolic OH excluding ortho intramolecular Hbond substituents is 1. The van der Waals surface area contributed by atoms with Crippen molar-refractivity contribution in [1.29, 1.82) is 0 Å². The molecule has 1 aromatic carbocycles. The number of aromatic nitrogens is 1. The summed E-state index contributed by atoms with van der Waals surface area (Å²) in [5.41, 5.74) is 0.560. The largest absolute Gasteiger partial charge is 0.507 e. The molecule has 0 spiro atoms. The maximum absolute atomic E-state index is 13.5. The van der Waals surface area contributed by atoms with E-state index in [4.69, 9.17) is 0 Å². The van der Waals surface area contributed by atoms with Gasteiger partial charge in [0, 0.05) is 7.05 Å². The quantitative estimate of drug-likeness (QED) is 0.648. The van der Waals surface area contributed by atoms with Crippen molar-refractivity contribution in [3.63, 3.8) is 0 Å². The van der Waals surface area contributed by atoms with Crippen LogP contribution in [0, 0.1) is 12.7 Å². The van der Waals surface area contributed by atoms with Crippen molar-refractivity contribution in [1.82, 2.24) is 4.57 Å². The predicted octanol–water partition coefficient (Wildman–Crippen LogP) is 4.70. The van der Waals surface area contributed by atoms with E-state index in [1.807, 2.05) is 0 Å². The zero-order valence-electron chi connectivity index (χ0n) is 10.5. The molecule has 0 unspecified atom stereocenters. The molecular formula is C13H9Br3FNO2.